The number of carbonyl (C=O) groups excluding carboxylic acids is 1. The van der Waals surface area contributed by atoms with E-state index in [9.17, 15) is 15.0 Å². The fraction of sp³-hybridized carbons (Fsp3) is 0.650. The molecule has 364 valence electrons. The molecular formula is C60H101NO3. The minimum absolute atomic E-state index is 0.139. The van der Waals surface area contributed by atoms with Crippen molar-refractivity contribution in [3.63, 3.8) is 0 Å². The second-order valence-corrected chi connectivity index (χ2v) is 17.5. The van der Waals surface area contributed by atoms with E-state index in [0.717, 1.165) is 83.5 Å². The van der Waals surface area contributed by atoms with E-state index >= 15 is 0 Å². The van der Waals surface area contributed by atoms with Crippen molar-refractivity contribution in [1.29, 1.82) is 0 Å². The lowest BCUT2D eigenvalue weighted by molar-refractivity contribution is -0.122. The zero-order valence-electron chi connectivity index (χ0n) is 41.8. The molecule has 0 aliphatic carbocycles. The van der Waals surface area contributed by atoms with Crippen LogP contribution in [0.25, 0.3) is 0 Å². The van der Waals surface area contributed by atoms with Gasteiger partial charge in [0.25, 0.3) is 0 Å². The quantitative estimate of drug-likeness (QED) is 0.0421. The summed E-state index contributed by atoms with van der Waals surface area (Å²) in [4.78, 5) is 12.4. The summed E-state index contributed by atoms with van der Waals surface area (Å²) in [5.74, 6) is -0.139. The van der Waals surface area contributed by atoms with Crippen LogP contribution < -0.4 is 5.32 Å². The smallest absolute Gasteiger partial charge is 0.220 e. The molecule has 3 N–H and O–H groups in total. The summed E-state index contributed by atoms with van der Waals surface area (Å²) in [6.45, 7) is 4.16. The van der Waals surface area contributed by atoms with Gasteiger partial charge in [-0.3, -0.25) is 4.79 Å². The Kier molecular flexibility index (Phi) is 51.4. The van der Waals surface area contributed by atoms with Crippen LogP contribution in [0, 0.1) is 0 Å². The molecule has 64 heavy (non-hydrogen) atoms. The SMILES string of the molecule is CC/C=C\C/C=C\C/C=C\C/C=C\C/C=C\C/C=C\C/C=C\CCCC(=O)NC(CO)C(O)/C=C/CC/C=C/CC/C=C/CCCCCCCCCCCCCCCCCCCCC. The topological polar surface area (TPSA) is 69.6 Å². The van der Waals surface area contributed by atoms with Gasteiger partial charge >= 0.3 is 0 Å². The minimum atomic E-state index is -0.904. The fourth-order valence-corrected chi connectivity index (χ4v) is 7.38. The molecule has 0 bridgehead atoms. The highest BCUT2D eigenvalue weighted by Crippen LogP contribution is 2.15. The number of amides is 1. The van der Waals surface area contributed by atoms with Crippen LogP contribution in [0.1, 0.15) is 232 Å². The molecule has 0 fully saturated rings. The third-order valence-corrected chi connectivity index (χ3v) is 11.4. The van der Waals surface area contributed by atoms with E-state index in [1.165, 1.54) is 128 Å². The van der Waals surface area contributed by atoms with Gasteiger partial charge in [0, 0.05) is 6.42 Å². The number of aliphatic hydroxyl groups is 2. The molecule has 4 heteroatoms. The molecule has 0 spiro atoms. The number of nitrogens with one attached hydrogen (secondary N) is 1. The zero-order valence-corrected chi connectivity index (χ0v) is 41.8. The Hall–Kier alpha value is -3.21. The zero-order chi connectivity index (χ0) is 46.3. The highest BCUT2D eigenvalue weighted by molar-refractivity contribution is 5.76. The molecule has 0 rings (SSSR count). The van der Waals surface area contributed by atoms with E-state index in [1.807, 2.05) is 6.08 Å². The van der Waals surface area contributed by atoms with Crippen LogP contribution in [0.5, 0.6) is 0 Å². The standard InChI is InChI=1S/C60H101NO3/c1-3-5-7-9-11-13-15-17-19-21-23-25-27-28-29-30-31-32-34-35-37-39-41-43-45-47-49-51-53-55-59(63)58(57-62)61-60(64)56-54-52-50-48-46-44-42-40-38-36-33-26-24-22-20-18-16-14-12-10-8-6-4-2/h6,8,12,14,18,20,24,26,36-39,42,44-45,47-48,50,53,55,58-59,62-63H,3-5,7,9-11,13,15-17,19,21-23,25,27-35,40-41,43,46,49,51-52,54,56-57H2,1-2H3,(H,61,64)/b8-6-,14-12-,20-18-,26-24-,38-36-,39-37+,44-42-,47-45+,50-48-,55-53+. The summed E-state index contributed by atoms with van der Waals surface area (Å²) in [7, 11) is 0. The molecule has 0 aliphatic heterocycles. The van der Waals surface area contributed by atoms with Crippen molar-refractivity contribution in [3.8, 4) is 0 Å². The first-order valence-electron chi connectivity index (χ1n) is 26.7. The van der Waals surface area contributed by atoms with E-state index < -0.39 is 12.1 Å². The number of unbranched alkanes of at least 4 members (excludes halogenated alkanes) is 22. The van der Waals surface area contributed by atoms with Crippen LogP contribution in [-0.2, 0) is 4.79 Å². The lowest BCUT2D eigenvalue weighted by atomic mass is 10.0. The molecule has 0 aromatic rings. The molecule has 4 nitrogen and oxygen atoms in total. The Labute approximate surface area is 397 Å². The number of aliphatic hydroxyl groups excluding tert-OH is 2. The number of hydrogen-bond donors (Lipinski definition) is 3. The van der Waals surface area contributed by atoms with Crippen molar-refractivity contribution in [2.75, 3.05) is 6.61 Å². The molecule has 0 heterocycles. The highest BCUT2D eigenvalue weighted by atomic mass is 16.3. The van der Waals surface area contributed by atoms with Crippen LogP contribution in [-0.4, -0.2) is 34.9 Å². The molecule has 0 radical (unpaired) electrons. The Bertz CT molecular complexity index is 1280. The van der Waals surface area contributed by atoms with E-state index in [-0.39, 0.29) is 12.5 Å². The van der Waals surface area contributed by atoms with Crippen molar-refractivity contribution in [2.24, 2.45) is 0 Å². The first-order valence-corrected chi connectivity index (χ1v) is 26.7. The second kappa shape index (κ2) is 54.1. The highest BCUT2D eigenvalue weighted by Gasteiger charge is 2.17. The van der Waals surface area contributed by atoms with Crippen LogP contribution in [0.2, 0.25) is 0 Å². The molecule has 0 aromatic carbocycles. The molecule has 1 amide bonds. The molecule has 0 aliphatic rings. The number of hydrogen-bond acceptors (Lipinski definition) is 3. The first-order chi connectivity index (χ1) is 31.7. The van der Waals surface area contributed by atoms with E-state index in [2.05, 4.69) is 129 Å². The predicted molar refractivity (Wildman–Crippen MR) is 285 cm³/mol. The van der Waals surface area contributed by atoms with Gasteiger partial charge in [-0.1, -0.05) is 251 Å². The Balaban J connectivity index is 3.71. The summed E-state index contributed by atoms with van der Waals surface area (Å²) in [5, 5.41) is 23.0. The maximum absolute atomic E-state index is 12.4. The van der Waals surface area contributed by atoms with Gasteiger partial charge in [-0.2, -0.15) is 0 Å². The summed E-state index contributed by atoms with van der Waals surface area (Å²) in [6.07, 6.45) is 83.5. The van der Waals surface area contributed by atoms with Crippen LogP contribution in [0.4, 0.5) is 0 Å². The van der Waals surface area contributed by atoms with Gasteiger partial charge in [0.15, 0.2) is 0 Å². The Morgan fingerprint density at radius 2 is 0.703 bits per heavy atom. The van der Waals surface area contributed by atoms with Gasteiger partial charge in [0.1, 0.15) is 0 Å². The van der Waals surface area contributed by atoms with Gasteiger partial charge in [-0.05, 0) is 96.3 Å². The molecule has 0 aromatic heterocycles. The normalized spacial score (nSPS) is 13.9. The van der Waals surface area contributed by atoms with Crippen molar-refractivity contribution in [1.82, 2.24) is 5.32 Å². The average Bonchev–Trinajstić information content (AvgIpc) is 3.30. The first kappa shape index (κ1) is 60.8. The second-order valence-electron chi connectivity index (χ2n) is 17.5. The lowest BCUT2D eigenvalue weighted by Gasteiger charge is -2.19. The van der Waals surface area contributed by atoms with E-state index in [0.29, 0.717) is 6.42 Å². The van der Waals surface area contributed by atoms with Crippen LogP contribution in [0.15, 0.2) is 122 Å². The van der Waals surface area contributed by atoms with E-state index in [4.69, 9.17) is 0 Å². The number of allylic oxidation sites excluding steroid dienone is 19. The van der Waals surface area contributed by atoms with Crippen molar-refractivity contribution in [3.05, 3.63) is 122 Å². The van der Waals surface area contributed by atoms with Crippen LogP contribution in [0.3, 0.4) is 0 Å². The number of carbonyl (C=O) groups is 1. The lowest BCUT2D eigenvalue weighted by Crippen LogP contribution is -2.45. The maximum Gasteiger partial charge on any atom is 0.220 e. The monoisotopic (exact) mass is 884 g/mol. The van der Waals surface area contributed by atoms with Gasteiger partial charge in [0.2, 0.25) is 5.91 Å². The predicted octanol–water partition coefficient (Wildman–Crippen LogP) is 17.7. The summed E-state index contributed by atoms with van der Waals surface area (Å²) in [5.41, 5.74) is 0. The van der Waals surface area contributed by atoms with Crippen LogP contribution >= 0.6 is 0 Å². The molecule has 2 atom stereocenters. The largest absolute Gasteiger partial charge is 0.394 e. The Morgan fingerprint density at radius 1 is 0.391 bits per heavy atom. The van der Waals surface area contributed by atoms with Gasteiger partial charge in [-0.25, -0.2) is 0 Å². The van der Waals surface area contributed by atoms with Gasteiger partial charge in [-0.15, -0.1) is 0 Å². The summed E-state index contributed by atoms with van der Waals surface area (Å²) >= 11 is 0. The molecular weight excluding hydrogens is 783 g/mol. The van der Waals surface area contributed by atoms with E-state index in [1.54, 1.807) is 6.08 Å². The fourth-order valence-electron chi connectivity index (χ4n) is 7.38. The average molecular weight is 884 g/mol. The minimum Gasteiger partial charge on any atom is -0.394 e. The van der Waals surface area contributed by atoms with Gasteiger partial charge in [0.05, 0.1) is 18.8 Å². The third kappa shape index (κ3) is 49.8. The molecule has 2 unspecified atom stereocenters. The number of rotatable bonds is 47. The third-order valence-electron chi connectivity index (χ3n) is 11.4. The molecule has 0 saturated carbocycles. The van der Waals surface area contributed by atoms with Crippen molar-refractivity contribution < 1.29 is 15.0 Å². The summed E-state index contributed by atoms with van der Waals surface area (Å²) in [6, 6.07) is -0.687. The Morgan fingerprint density at radius 3 is 1.09 bits per heavy atom. The summed E-state index contributed by atoms with van der Waals surface area (Å²) < 4.78 is 0. The maximum atomic E-state index is 12.4. The van der Waals surface area contributed by atoms with Gasteiger partial charge < -0.3 is 15.5 Å². The van der Waals surface area contributed by atoms with Crippen molar-refractivity contribution >= 4 is 5.91 Å². The van der Waals surface area contributed by atoms with Crippen molar-refractivity contribution in [2.45, 2.75) is 244 Å². The molecule has 0 saturated heterocycles.